The molecule has 96 valence electrons. The molecular weight excluding hydrogens is 246 g/mol. The number of carbonyl (C=O) groups is 1. The first-order valence-corrected chi connectivity index (χ1v) is 6.90. The van der Waals surface area contributed by atoms with Gasteiger partial charge in [-0.05, 0) is 28.8 Å². The van der Waals surface area contributed by atoms with Gasteiger partial charge in [-0.1, -0.05) is 32.0 Å². The summed E-state index contributed by atoms with van der Waals surface area (Å²) >= 11 is 1.67. The molecule has 2 rings (SSSR count). The first kappa shape index (κ1) is 13.1. The lowest BCUT2D eigenvalue weighted by Crippen LogP contribution is -2.42. The highest BCUT2D eigenvalue weighted by Crippen LogP contribution is 2.26. The molecule has 0 fully saturated rings. The lowest BCUT2D eigenvalue weighted by Gasteiger charge is -2.16. The quantitative estimate of drug-likeness (QED) is 0.872. The third-order valence-electron chi connectivity index (χ3n) is 2.82. The summed E-state index contributed by atoms with van der Waals surface area (Å²) in [7, 11) is 0. The molecule has 4 heteroatoms. The number of fused-ring (bicyclic) bond motifs is 1. The number of rotatable bonds is 5. The van der Waals surface area contributed by atoms with Gasteiger partial charge in [-0.15, -0.1) is 11.3 Å². The van der Waals surface area contributed by atoms with Crippen molar-refractivity contribution in [3.05, 3.63) is 35.2 Å². The lowest BCUT2D eigenvalue weighted by atomic mass is 10.0. The molecule has 3 nitrogen and oxygen atoms in total. The molecule has 1 heterocycles. The molecule has 1 atom stereocenters. The second kappa shape index (κ2) is 5.50. The summed E-state index contributed by atoms with van der Waals surface area (Å²) in [5.41, 5.74) is 1.11. The average molecular weight is 263 g/mol. The van der Waals surface area contributed by atoms with E-state index in [1.54, 1.807) is 11.3 Å². The third-order valence-corrected chi connectivity index (χ3v) is 3.83. The second-order valence-electron chi connectivity index (χ2n) is 4.67. The Morgan fingerprint density at radius 2 is 2.11 bits per heavy atom. The van der Waals surface area contributed by atoms with Gasteiger partial charge >= 0.3 is 5.97 Å². The number of hydrogen-bond acceptors (Lipinski definition) is 3. The summed E-state index contributed by atoms with van der Waals surface area (Å²) in [5, 5.41) is 15.5. The highest BCUT2D eigenvalue weighted by Gasteiger charge is 2.19. The molecule has 2 N–H and O–H groups in total. The van der Waals surface area contributed by atoms with E-state index in [1.165, 1.54) is 10.1 Å². The minimum atomic E-state index is -0.793. The highest BCUT2D eigenvalue weighted by atomic mass is 32.1. The van der Waals surface area contributed by atoms with Crippen molar-refractivity contribution in [1.29, 1.82) is 0 Å². The summed E-state index contributed by atoms with van der Waals surface area (Å²) < 4.78 is 1.21. The Morgan fingerprint density at radius 3 is 2.78 bits per heavy atom. The SMILES string of the molecule is CC(C)N[C@@H](Cc1csc2ccccc12)C(=O)O. The number of carboxylic acid groups (broad SMARTS) is 1. The number of carboxylic acids is 1. The van der Waals surface area contributed by atoms with E-state index in [9.17, 15) is 9.90 Å². The van der Waals surface area contributed by atoms with Crippen molar-refractivity contribution in [3.8, 4) is 0 Å². The van der Waals surface area contributed by atoms with Crippen LogP contribution in [-0.2, 0) is 11.2 Å². The van der Waals surface area contributed by atoms with Gasteiger partial charge in [-0.25, -0.2) is 0 Å². The van der Waals surface area contributed by atoms with Crippen molar-refractivity contribution in [2.24, 2.45) is 0 Å². The van der Waals surface area contributed by atoms with Gasteiger partial charge < -0.3 is 10.4 Å². The van der Waals surface area contributed by atoms with Crippen LogP contribution in [0.15, 0.2) is 29.6 Å². The predicted molar refractivity (Wildman–Crippen MR) is 75.2 cm³/mol. The van der Waals surface area contributed by atoms with Crippen LogP contribution in [0.3, 0.4) is 0 Å². The molecule has 0 amide bonds. The van der Waals surface area contributed by atoms with E-state index in [0.717, 1.165) is 5.56 Å². The Kier molecular flexibility index (Phi) is 3.99. The maximum Gasteiger partial charge on any atom is 0.321 e. The number of nitrogens with one attached hydrogen (secondary N) is 1. The van der Waals surface area contributed by atoms with Crippen molar-refractivity contribution in [1.82, 2.24) is 5.32 Å². The molecule has 1 aromatic heterocycles. The van der Waals surface area contributed by atoms with Crippen molar-refractivity contribution in [2.45, 2.75) is 32.4 Å². The summed E-state index contributed by atoms with van der Waals surface area (Å²) in [6, 6.07) is 7.75. The van der Waals surface area contributed by atoms with E-state index < -0.39 is 12.0 Å². The fraction of sp³-hybridized carbons (Fsp3) is 0.357. The molecule has 0 aliphatic rings. The smallest absolute Gasteiger partial charge is 0.321 e. The summed E-state index contributed by atoms with van der Waals surface area (Å²) in [5.74, 6) is -0.793. The lowest BCUT2D eigenvalue weighted by molar-refractivity contribution is -0.139. The molecule has 0 unspecified atom stereocenters. The Hall–Kier alpha value is -1.39. The third kappa shape index (κ3) is 2.89. The minimum Gasteiger partial charge on any atom is -0.480 e. The predicted octanol–water partition coefficient (Wildman–Crippen LogP) is 2.90. The van der Waals surface area contributed by atoms with Crippen LogP contribution in [0.4, 0.5) is 0 Å². The topological polar surface area (TPSA) is 49.3 Å². The number of hydrogen-bond donors (Lipinski definition) is 2. The number of thiophene rings is 1. The minimum absolute atomic E-state index is 0.163. The Balaban J connectivity index is 2.23. The zero-order valence-electron chi connectivity index (χ0n) is 10.5. The second-order valence-corrected chi connectivity index (χ2v) is 5.58. The van der Waals surface area contributed by atoms with Crippen molar-refractivity contribution < 1.29 is 9.90 Å². The molecule has 0 spiro atoms. The van der Waals surface area contributed by atoms with E-state index in [1.807, 2.05) is 26.0 Å². The van der Waals surface area contributed by atoms with Crippen LogP contribution in [0, 0.1) is 0 Å². The Morgan fingerprint density at radius 1 is 1.39 bits per heavy atom. The van der Waals surface area contributed by atoms with Gasteiger partial charge in [0.25, 0.3) is 0 Å². The molecule has 2 aromatic rings. The van der Waals surface area contributed by atoms with Gasteiger partial charge in [-0.2, -0.15) is 0 Å². The van der Waals surface area contributed by atoms with Crippen molar-refractivity contribution in [3.63, 3.8) is 0 Å². The van der Waals surface area contributed by atoms with Gasteiger partial charge in [0.2, 0.25) is 0 Å². The van der Waals surface area contributed by atoms with Crippen LogP contribution in [0.2, 0.25) is 0 Å². The maximum atomic E-state index is 11.2. The van der Waals surface area contributed by atoms with Crippen LogP contribution >= 0.6 is 11.3 Å². The first-order chi connectivity index (χ1) is 8.58. The van der Waals surface area contributed by atoms with Crippen LogP contribution in [0.5, 0.6) is 0 Å². The van der Waals surface area contributed by atoms with Crippen LogP contribution < -0.4 is 5.32 Å². The standard InChI is InChI=1S/C14H17NO2S/c1-9(2)15-12(14(16)17)7-10-8-18-13-6-4-3-5-11(10)13/h3-6,8-9,12,15H,7H2,1-2H3,(H,16,17)/t12-/m0/s1. The Labute approximate surface area is 110 Å². The summed E-state index contributed by atoms with van der Waals surface area (Å²) in [4.78, 5) is 11.2. The van der Waals surface area contributed by atoms with Crippen LogP contribution in [0.1, 0.15) is 19.4 Å². The molecule has 18 heavy (non-hydrogen) atoms. The zero-order chi connectivity index (χ0) is 13.1. The fourth-order valence-corrected chi connectivity index (χ4v) is 3.01. The highest BCUT2D eigenvalue weighted by molar-refractivity contribution is 7.17. The summed E-state index contributed by atoms with van der Waals surface area (Å²) in [6.45, 7) is 3.92. The molecule has 0 aliphatic carbocycles. The van der Waals surface area contributed by atoms with E-state index in [4.69, 9.17) is 0 Å². The molecule has 0 saturated carbocycles. The monoisotopic (exact) mass is 263 g/mol. The zero-order valence-corrected chi connectivity index (χ0v) is 11.3. The van der Waals surface area contributed by atoms with E-state index in [0.29, 0.717) is 6.42 Å². The molecule has 0 saturated heterocycles. The van der Waals surface area contributed by atoms with Crippen molar-refractivity contribution in [2.75, 3.05) is 0 Å². The maximum absolute atomic E-state index is 11.2. The van der Waals surface area contributed by atoms with Gasteiger partial charge in [0, 0.05) is 10.7 Å². The molecular formula is C14H17NO2S. The van der Waals surface area contributed by atoms with E-state index in [-0.39, 0.29) is 6.04 Å². The normalized spacial score (nSPS) is 13.1. The van der Waals surface area contributed by atoms with E-state index in [2.05, 4.69) is 22.8 Å². The molecule has 0 radical (unpaired) electrons. The number of benzene rings is 1. The van der Waals surface area contributed by atoms with Crippen molar-refractivity contribution >= 4 is 27.4 Å². The van der Waals surface area contributed by atoms with Gasteiger partial charge in [0.1, 0.15) is 6.04 Å². The van der Waals surface area contributed by atoms with E-state index >= 15 is 0 Å². The Bertz CT molecular complexity index is 547. The summed E-state index contributed by atoms with van der Waals surface area (Å²) in [6.07, 6.45) is 0.525. The molecule has 0 aliphatic heterocycles. The molecule has 0 bridgehead atoms. The largest absolute Gasteiger partial charge is 0.480 e. The first-order valence-electron chi connectivity index (χ1n) is 6.02. The van der Waals surface area contributed by atoms with Crippen LogP contribution in [-0.4, -0.2) is 23.2 Å². The fourth-order valence-electron chi connectivity index (χ4n) is 2.03. The van der Waals surface area contributed by atoms with Gasteiger partial charge in [0.05, 0.1) is 0 Å². The number of aliphatic carboxylic acids is 1. The van der Waals surface area contributed by atoms with Gasteiger partial charge in [-0.3, -0.25) is 4.79 Å². The van der Waals surface area contributed by atoms with Gasteiger partial charge in [0.15, 0.2) is 0 Å². The molecule has 1 aromatic carbocycles. The average Bonchev–Trinajstić information content (AvgIpc) is 2.71. The van der Waals surface area contributed by atoms with Crippen LogP contribution in [0.25, 0.3) is 10.1 Å².